The number of nitrogens with zero attached hydrogens (tertiary/aromatic N) is 1. The summed E-state index contributed by atoms with van der Waals surface area (Å²) in [5, 5.41) is 3.36. The predicted molar refractivity (Wildman–Crippen MR) is 79.8 cm³/mol. The Bertz CT molecular complexity index is 339. The van der Waals surface area contributed by atoms with E-state index in [0.29, 0.717) is 6.04 Å². The Balaban J connectivity index is 2.43. The minimum absolute atomic E-state index is 0.580. The number of nitrogens with two attached hydrogens (primary N) is 1. The van der Waals surface area contributed by atoms with Crippen molar-refractivity contribution >= 4 is 34.0 Å². The summed E-state index contributed by atoms with van der Waals surface area (Å²) in [6.45, 7) is 6.32. The largest absolute Gasteiger partial charge is 0.397 e. The van der Waals surface area contributed by atoms with Gasteiger partial charge in [-0.1, -0.05) is 0 Å². The zero-order valence-electron chi connectivity index (χ0n) is 10.1. The number of halogens is 1. The van der Waals surface area contributed by atoms with Gasteiger partial charge in [0.1, 0.15) is 0 Å². The van der Waals surface area contributed by atoms with Gasteiger partial charge in [0.05, 0.1) is 11.4 Å². The fraction of sp³-hybridized carbons (Fsp3) is 0.500. The Morgan fingerprint density at radius 3 is 2.69 bits per heavy atom. The van der Waals surface area contributed by atoms with Crippen LogP contribution in [-0.2, 0) is 0 Å². The summed E-state index contributed by atoms with van der Waals surface area (Å²) in [4.78, 5) is 2.30. The SMILES string of the molecule is CC(C)N(C)CCNc1ccc(I)cc1N. The second-order valence-electron chi connectivity index (χ2n) is 4.23. The van der Waals surface area contributed by atoms with Crippen LogP contribution < -0.4 is 11.1 Å². The van der Waals surface area contributed by atoms with Crippen LogP contribution in [0.5, 0.6) is 0 Å². The van der Waals surface area contributed by atoms with E-state index in [1.165, 1.54) is 3.57 Å². The standard InChI is InChI=1S/C12H20IN3/c1-9(2)16(3)7-6-15-12-5-4-10(13)8-11(12)14/h4-5,8-9,15H,6-7,14H2,1-3H3. The van der Waals surface area contributed by atoms with Crippen LogP contribution in [-0.4, -0.2) is 31.1 Å². The molecule has 0 aromatic heterocycles. The van der Waals surface area contributed by atoms with Crippen LogP contribution in [0.4, 0.5) is 11.4 Å². The number of rotatable bonds is 5. The van der Waals surface area contributed by atoms with Crippen molar-refractivity contribution in [3.8, 4) is 0 Å². The summed E-state index contributed by atoms with van der Waals surface area (Å²) in [5.41, 5.74) is 7.76. The van der Waals surface area contributed by atoms with Gasteiger partial charge in [-0.2, -0.15) is 0 Å². The molecule has 1 rings (SSSR count). The Morgan fingerprint density at radius 2 is 2.12 bits per heavy atom. The molecule has 0 aliphatic carbocycles. The number of nitrogens with one attached hydrogen (secondary N) is 1. The first-order chi connectivity index (χ1) is 7.50. The summed E-state index contributed by atoms with van der Waals surface area (Å²) in [6.07, 6.45) is 0. The van der Waals surface area contributed by atoms with E-state index in [1.807, 2.05) is 12.1 Å². The van der Waals surface area contributed by atoms with E-state index in [4.69, 9.17) is 5.73 Å². The van der Waals surface area contributed by atoms with Crippen molar-refractivity contribution in [3.63, 3.8) is 0 Å². The lowest BCUT2D eigenvalue weighted by Crippen LogP contribution is -2.31. The highest BCUT2D eigenvalue weighted by Gasteiger charge is 2.03. The van der Waals surface area contributed by atoms with Crippen LogP contribution in [0.25, 0.3) is 0 Å². The first-order valence-electron chi connectivity index (χ1n) is 5.50. The van der Waals surface area contributed by atoms with Gasteiger partial charge in [-0.25, -0.2) is 0 Å². The molecule has 0 bridgehead atoms. The zero-order valence-corrected chi connectivity index (χ0v) is 12.3. The van der Waals surface area contributed by atoms with Gasteiger partial charge in [-0.3, -0.25) is 0 Å². The fourth-order valence-electron chi connectivity index (χ4n) is 1.32. The van der Waals surface area contributed by atoms with Crippen LogP contribution in [0.1, 0.15) is 13.8 Å². The molecule has 4 heteroatoms. The molecule has 0 unspecified atom stereocenters. The fourth-order valence-corrected chi connectivity index (χ4v) is 1.83. The minimum atomic E-state index is 0.580. The van der Waals surface area contributed by atoms with Crippen molar-refractivity contribution in [3.05, 3.63) is 21.8 Å². The molecular formula is C12H20IN3. The molecule has 0 aliphatic rings. The highest BCUT2D eigenvalue weighted by molar-refractivity contribution is 14.1. The summed E-state index contributed by atoms with van der Waals surface area (Å²) < 4.78 is 1.17. The monoisotopic (exact) mass is 333 g/mol. The van der Waals surface area contributed by atoms with Crippen LogP contribution in [0.3, 0.4) is 0 Å². The molecule has 0 spiro atoms. The molecule has 3 N–H and O–H groups in total. The van der Waals surface area contributed by atoms with Crippen molar-refractivity contribution < 1.29 is 0 Å². The van der Waals surface area contributed by atoms with Gasteiger partial charge in [0.25, 0.3) is 0 Å². The van der Waals surface area contributed by atoms with Crippen molar-refractivity contribution in [1.82, 2.24) is 4.90 Å². The molecule has 1 aromatic carbocycles. The van der Waals surface area contributed by atoms with Gasteiger partial charge < -0.3 is 16.0 Å². The number of hydrogen-bond acceptors (Lipinski definition) is 3. The lowest BCUT2D eigenvalue weighted by atomic mass is 10.2. The van der Waals surface area contributed by atoms with E-state index in [1.54, 1.807) is 0 Å². The summed E-state index contributed by atoms with van der Waals surface area (Å²) in [5.74, 6) is 0. The molecule has 16 heavy (non-hydrogen) atoms. The molecule has 0 saturated carbocycles. The molecule has 3 nitrogen and oxygen atoms in total. The highest BCUT2D eigenvalue weighted by Crippen LogP contribution is 2.20. The van der Waals surface area contributed by atoms with Crippen LogP contribution in [0.2, 0.25) is 0 Å². The van der Waals surface area contributed by atoms with E-state index >= 15 is 0 Å². The van der Waals surface area contributed by atoms with Crippen molar-refractivity contribution in [2.24, 2.45) is 0 Å². The second-order valence-corrected chi connectivity index (χ2v) is 5.48. The molecule has 0 heterocycles. The van der Waals surface area contributed by atoms with Crippen LogP contribution >= 0.6 is 22.6 Å². The molecule has 1 aromatic rings. The number of benzene rings is 1. The van der Waals surface area contributed by atoms with E-state index < -0.39 is 0 Å². The minimum Gasteiger partial charge on any atom is -0.397 e. The summed E-state index contributed by atoms with van der Waals surface area (Å²) in [7, 11) is 2.13. The normalized spacial score (nSPS) is 11.1. The zero-order chi connectivity index (χ0) is 12.1. The molecule has 0 fully saturated rings. The molecular weight excluding hydrogens is 313 g/mol. The molecule has 0 atom stereocenters. The topological polar surface area (TPSA) is 41.3 Å². The molecule has 0 saturated heterocycles. The number of anilines is 2. The quantitative estimate of drug-likeness (QED) is 0.643. The maximum atomic E-state index is 5.92. The third kappa shape index (κ3) is 4.17. The van der Waals surface area contributed by atoms with Gasteiger partial charge in [-0.05, 0) is 61.7 Å². The Kier molecular flexibility index (Phi) is 5.34. The number of nitrogen functional groups attached to an aromatic ring is 1. The first-order valence-corrected chi connectivity index (χ1v) is 6.57. The summed E-state index contributed by atoms with van der Waals surface area (Å²) in [6, 6.07) is 6.66. The molecule has 0 amide bonds. The Labute approximate surface area is 112 Å². The van der Waals surface area contributed by atoms with E-state index in [-0.39, 0.29) is 0 Å². The van der Waals surface area contributed by atoms with Gasteiger partial charge in [-0.15, -0.1) is 0 Å². The summed E-state index contributed by atoms with van der Waals surface area (Å²) >= 11 is 2.26. The van der Waals surface area contributed by atoms with Crippen molar-refractivity contribution in [2.75, 3.05) is 31.2 Å². The van der Waals surface area contributed by atoms with E-state index in [2.05, 4.69) is 59.8 Å². The third-order valence-corrected chi connectivity index (χ3v) is 3.35. The van der Waals surface area contributed by atoms with Crippen LogP contribution in [0.15, 0.2) is 18.2 Å². The second kappa shape index (κ2) is 6.30. The highest BCUT2D eigenvalue weighted by atomic mass is 127. The Morgan fingerprint density at radius 1 is 1.44 bits per heavy atom. The van der Waals surface area contributed by atoms with Crippen LogP contribution in [0, 0.1) is 3.57 Å². The van der Waals surface area contributed by atoms with Crippen molar-refractivity contribution in [1.29, 1.82) is 0 Å². The molecule has 0 aliphatic heterocycles. The van der Waals surface area contributed by atoms with Gasteiger partial charge >= 0.3 is 0 Å². The van der Waals surface area contributed by atoms with E-state index in [9.17, 15) is 0 Å². The van der Waals surface area contributed by atoms with Gasteiger partial charge in [0.2, 0.25) is 0 Å². The van der Waals surface area contributed by atoms with Crippen molar-refractivity contribution in [2.45, 2.75) is 19.9 Å². The van der Waals surface area contributed by atoms with Gasteiger partial charge in [0, 0.05) is 22.7 Å². The average molecular weight is 333 g/mol. The average Bonchev–Trinajstić information content (AvgIpc) is 2.20. The van der Waals surface area contributed by atoms with Gasteiger partial charge in [0.15, 0.2) is 0 Å². The maximum Gasteiger partial charge on any atom is 0.0575 e. The first kappa shape index (κ1) is 13.6. The smallest absolute Gasteiger partial charge is 0.0575 e. The Hall–Kier alpha value is -0.490. The number of likely N-dealkylation sites (N-methyl/N-ethyl adjacent to an activating group) is 1. The van der Waals surface area contributed by atoms with E-state index in [0.717, 1.165) is 24.5 Å². The maximum absolute atomic E-state index is 5.92. The predicted octanol–water partition coefficient (Wildman–Crippen LogP) is 2.63. The lowest BCUT2D eigenvalue weighted by molar-refractivity contribution is 0.284. The lowest BCUT2D eigenvalue weighted by Gasteiger charge is -2.21. The number of hydrogen-bond donors (Lipinski definition) is 2. The third-order valence-electron chi connectivity index (χ3n) is 2.68. The molecule has 0 radical (unpaired) electrons. The molecule has 90 valence electrons.